The summed E-state index contributed by atoms with van der Waals surface area (Å²) in [6.07, 6.45) is 4.22. The fourth-order valence-electron chi connectivity index (χ4n) is 3.63. The number of nitro groups is 1. The molecule has 0 spiro atoms. The summed E-state index contributed by atoms with van der Waals surface area (Å²) < 4.78 is 4.82. The maximum absolute atomic E-state index is 12.8. The molecule has 160 valence electrons. The van der Waals surface area contributed by atoms with Crippen molar-refractivity contribution in [2.45, 2.75) is 39.5 Å². The zero-order chi connectivity index (χ0) is 21.8. The molecule has 0 aliphatic carbocycles. The summed E-state index contributed by atoms with van der Waals surface area (Å²) in [5, 5.41) is 14.8. The number of nitrogens with one attached hydrogen (secondary N) is 1. The lowest BCUT2D eigenvalue weighted by Gasteiger charge is -2.22. The van der Waals surface area contributed by atoms with Gasteiger partial charge in [0.1, 0.15) is 10.7 Å². The van der Waals surface area contributed by atoms with Crippen molar-refractivity contribution in [2.75, 3.05) is 30.4 Å². The van der Waals surface area contributed by atoms with Crippen molar-refractivity contribution in [1.82, 2.24) is 0 Å². The van der Waals surface area contributed by atoms with Crippen molar-refractivity contribution in [3.8, 4) is 0 Å². The largest absolute Gasteiger partial charge is 0.465 e. The Hall–Kier alpha value is -2.94. The number of rotatable bonds is 5. The standard InChI is InChI=1S/C21H25N3O5S/c1-13-14(2)30-20(18(13)21(26)29-3)22-19(25)15-8-9-16(17(12-15)24(27)28)23-10-6-4-5-7-11-23/h8-9,12H,4-7,10-11H2,1-3H3,(H,22,25). The predicted molar refractivity (Wildman–Crippen MR) is 117 cm³/mol. The third-order valence-corrected chi connectivity index (χ3v) is 6.51. The quantitative estimate of drug-likeness (QED) is 0.418. The first kappa shape index (κ1) is 21.8. The van der Waals surface area contributed by atoms with Gasteiger partial charge in [-0.2, -0.15) is 0 Å². The number of thiophene rings is 1. The molecule has 1 aromatic carbocycles. The van der Waals surface area contributed by atoms with Crippen LogP contribution in [-0.4, -0.2) is 37.0 Å². The van der Waals surface area contributed by atoms with E-state index in [0.717, 1.165) is 49.2 Å². The van der Waals surface area contributed by atoms with Gasteiger partial charge in [0, 0.05) is 29.6 Å². The number of anilines is 2. The molecule has 2 heterocycles. The number of hydrogen-bond acceptors (Lipinski definition) is 7. The number of carbonyl (C=O) groups excluding carboxylic acids is 2. The minimum atomic E-state index is -0.533. The summed E-state index contributed by atoms with van der Waals surface area (Å²) in [5.74, 6) is -1.04. The molecule has 3 rings (SSSR count). The van der Waals surface area contributed by atoms with Crippen molar-refractivity contribution in [2.24, 2.45) is 0 Å². The van der Waals surface area contributed by atoms with Gasteiger partial charge < -0.3 is 15.0 Å². The zero-order valence-corrected chi connectivity index (χ0v) is 18.1. The molecule has 2 aromatic rings. The molecule has 0 unspecified atom stereocenters. The summed E-state index contributed by atoms with van der Waals surface area (Å²) in [4.78, 5) is 39.1. The number of esters is 1. The Balaban J connectivity index is 1.90. The predicted octanol–water partition coefficient (Wildman–Crippen LogP) is 4.69. The molecule has 1 aromatic heterocycles. The SMILES string of the molecule is COC(=O)c1c(NC(=O)c2ccc(N3CCCCCC3)c([N+](=O)[O-])c2)sc(C)c1C. The average molecular weight is 432 g/mol. The topological polar surface area (TPSA) is 102 Å². The summed E-state index contributed by atoms with van der Waals surface area (Å²) in [7, 11) is 1.28. The summed E-state index contributed by atoms with van der Waals surface area (Å²) in [5.41, 5.74) is 1.67. The van der Waals surface area contributed by atoms with Crippen LogP contribution < -0.4 is 10.2 Å². The maximum atomic E-state index is 12.8. The first-order valence-electron chi connectivity index (χ1n) is 9.86. The van der Waals surface area contributed by atoms with Crippen molar-refractivity contribution in [1.29, 1.82) is 0 Å². The van der Waals surface area contributed by atoms with Gasteiger partial charge in [0.05, 0.1) is 17.6 Å². The van der Waals surface area contributed by atoms with E-state index in [-0.39, 0.29) is 11.3 Å². The van der Waals surface area contributed by atoms with Gasteiger partial charge in [-0.1, -0.05) is 12.8 Å². The molecule has 1 fully saturated rings. The smallest absolute Gasteiger partial charge is 0.341 e. The van der Waals surface area contributed by atoms with Gasteiger partial charge in [0.25, 0.3) is 11.6 Å². The number of ether oxygens (including phenoxy) is 1. The van der Waals surface area contributed by atoms with Crippen LogP contribution in [0.5, 0.6) is 0 Å². The van der Waals surface area contributed by atoms with Crippen LogP contribution in [0.15, 0.2) is 18.2 Å². The Morgan fingerprint density at radius 1 is 1.17 bits per heavy atom. The number of nitrogens with zero attached hydrogens (tertiary/aromatic N) is 2. The van der Waals surface area contributed by atoms with E-state index >= 15 is 0 Å². The molecular formula is C21H25N3O5S. The van der Waals surface area contributed by atoms with Crippen LogP contribution in [-0.2, 0) is 4.74 Å². The number of nitro benzene ring substituents is 1. The van der Waals surface area contributed by atoms with Crippen LogP contribution in [0.25, 0.3) is 0 Å². The van der Waals surface area contributed by atoms with Gasteiger partial charge in [0.2, 0.25) is 0 Å². The maximum Gasteiger partial charge on any atom is 0.341 e. The lowest BCUT2D eigenvalue weighted by atomic mass is 10.1. The Labute approximate surface area is 179 Å². The first-order valence-corrected chi connectivity index (χ1v) is 10.7. The highest BCUT2D eigenvalue weighted by Crippen LogP contribution is 2.34. The van der Waals surface area contributed by atoms with E-state index in [1.807, 2.05) is 11.8 Å². The highest BCUT2D eigenvalue weighted by atomic mass is 32.1. The van der Waals surface area contributed by atoms with Gasteiger partial charge in [-0.3, -0.25) is 14.9 Å². The monoisotopic (exact) mass is 431 g/mol. The fraction of sp³-hybridized carbons (Fsp3) is 0.429. The number of carbonyl (C=O) groups is 2. The third-order valence-electron chi connectivity index (χ3n) is 5.38. The van der Waals surface area contributed by atoms with E-state index in [9.17, 15) is 19.7 Å². The van der Waals surface area contributed by atoms with Crippen LogP contribution in [0.2, 0.25) is 0 Å². The molecule has 8 nitrogen and oxygen atoms in total. The Morgan fingerprint density at radius 2 is 1.83 bits per heavy atom. The lowest BCUT2D eigenvalue weighted by molar-refractivity contribution is -0.384. The van der Waals surface area contributed by atoms with E-state index in [1.165, 1.54) is 24.5 Å². The summed E-state index contributed by atoms with van der Waals surface area (Å²) in [6.45, 7) is 5.17. The van der Waals surface area contributed by atoms with Gasteiger partial charge >= 0.3 is 5.97 Å². The summed E-state index contributed by atoms with van der Waals surface area (Å²) in [6, 6.07) is 4.54. The molecule has 1 saturated heterocycles. The highest BCUT2D eigenvalue weighted by Gasteiger charge is 2.25. The number of benzene rings is 1. The lowest BCUT2D eigenvalue weighted by Crippen LogP contribution is -2.25. The summed E-state index contributed by atoms with van der Waals surface area (Å²) >= 11 is 1.27. The second kappa shape index (κ2) is 9.25. The van der Waals surface area contributed by atoms with Gasteiger partial charge in [-0.05, 0) is 44.4 Å². The van der Waals surface area contributed by atoms with Crippen LogP contribution in [0.3, 0.4) is 0 Å². The second-order valence-electron chi connectivity index (χ2n) is 7.29. The molecule has 0 bridgehead atoms. The van der Waals surface area contributed by atoms with Gasteiger partial charge in [-0.25, -0.2) is 4.79 Å². The van der Waals surface area contributed by atoms with E-state index in [4.69, 9.17) is 4.74 Å². The third kappa shape index (κ3) is 4.46. The minimum absolute atomic E-state index is 0.0868. The van der Waals surface area contributed by atoms with Gasteiger partial charge in [0.15, 0.2) is 0 Å². The number of hydrogen-bond donors (Lipinski definition) is 1. The molecule has 9 heteroatoms. The van der Waals surface area contributed by atoms with Crippen molar-refractivity contribution in [3.63, 3.8) is 0 Å². The number of methoxy groups -OCH3 is 1. The van der Waals surface area contributed by atoms with Crippen LogP contribution in [0.1, 0.15) is 56.8 Å². The van der Waals surface area contributed by atoms with E-state index in [0.29, 0.717) is 16.3 Å². The van der Waals surface area contributed by atoms with Crippen molar-refractivity contribution < 1.29 is 19.2 Å². The van der Waals surface area contributed by atoms with Crippen molar-refractivity contribution in [3.05, 3.63) is 49.9 Å². The molecule has 0 radical (unpaired) electrons. The molecule has 1 amide bonds. The normalized spacial score (nSPS) is 14.2. The Kier molecular flexibility index (Phi) is 6.71. The molecular weight excluding hydrogens is 406 g/mol. The zero-order valence-electron chi connectivity index (χ0n) is 17.3. The van der Waals surface area contributed by atoms with Gasteiger partial charge in [-0.15, -0.1) is 11.3 Å². The average Bonchev–Trinajstić information content (AvgIpc) is 2.92. The van der Waals surface area contributed by atoms with Crippen molar-refractivity contribution >= 4 is 39.6 Å². The first-order chi connectivity index (χ1) is 14.3. The van der Waals surface area contributed by atoms with Crippen LogP contribution in [0.4, 0.5) is 16.4 Å². The minimum Gasteiger partial charge on any atom is -0.465 e. The van der Waals surface area contributed by atoms with Crippen LogP contribution >= 0.6 is 11.3 Å². The molecule has 0 saturated carbocycles. The fourth-order valence-corrected chi connectivity index (χ4v) is 4.67. The van der Waals surface area contributed by atoms with E-state index < -0.39 is 16.8 Å². The van der Waals surface area contributed by atoms with E-state index in [1.54, 1.807) is 19.1 Å². The second-order valence-corrected chi connectivity index (χ2v) is 8.52. The molecule has 1 aliphatic heterocycles. The Morgan fingerprint density at radius 3 is 2.43 bits per heavy atom. The van der Waals surface area contributed by atoms with Crippen LogP contribution in [0, 0.1) is 24.0 Å². The van der Waals surface area contributed by atoms with E-state index in [2.05, 4.69) is 5.32 Å². The molecule has 30 heavy (non-hydrogen) atoms. The molecule has 0 atom stereocenters. The molecule has 1 aliphatic rings. The Bertz CT molecular complexity index is 977. The highest BCUT2D eigenvalue weighted by molar-refractivity contribution is 7.16. The number of aryl methyl sites for hydroxylation is 1. The molecule has 1 N–H and O–H groups in total. The number of amides is 1.